The Morgan fingerprint density at radius 1 is 0.933 bits per heavy atom. The van der Waals surface area contributed by atoms with Gasteiger partial charge in [-0.2, -0.15) is 0 Å². The summed E-state index contributed by atoms with van der Waals surface area (Å²) < 4.78 is 41.1. The van der Waals surface area contributed by atoms with Crippen molar-refractivity contribution in [3.63, 3.8) is 0 Å². The van der Waals surface area contributed by atoms with Gasteiger partial charge in [-0.25, -0.2) is 4.57 Å². The normalized spacial score (nSPS) is 20.9. The van der Waals surface area contributed by atoms with Crippen molar-refractivity contribution in [1.29, 1.82) is 0 Å². The lowest BCUT2D eigenvalue weighted by molar-refractivity contribution is -0.155. The number of amides is 1. The number of nitrogens with two attached hydrogens (primary N) is 1. The SMILES string of the molecule is CC1(C)O[C@H](C(N)=O)[C@@H](COP(=O)(OCc2ccccc2)OCc2ccccc2)O1. The minimum atomic E-state index is -3.99. The molecule has 2 aromatic carbocycles. The quantitative estimate of drug-likeness (QED) is 0.569. The van der Waals surface area contributed by atoms with Gasteiger partial charge in [0, 0.05) is 0 Å². The maximum absolute atomic E-state index is 13.3. The highest BCUT2D eigenvalue weighted by atomic mass is 31.2. The van der Waals surface area contributed by atoms with E-state index >= 15 is 0 Å². The lowest BCUT2D eigenvalue weighted by atomic mass is 10.2. The molecule has 162 valence electrons. The highest BCUT2D eigenvalue weighted by Gasteiger charge is 2.45. The third-order valence-electron chi connectivity index (χ3n) is 4.33. The average Bonchev–Trinajstić information content (AvgIpc) is 3.06. The molecule has 30 heavy (non-hydrogen) atoms. The van der Waals surface area contributed by atoms with Gasteiger partial charge in [0.05, 0.1) is 19.8 Å². The summed E-state index contributed by atoms with van der Waals surface area (Å²) >= 11 is 0. The first kappa shape index (κ1) is 22.6. The van der Waals surface area contributed by atoms with Gasteiger partial charge in [-0.15, -0.1) is 0 Å². The third-order valence-corrected chi connectivity index (χ3v) is 5.68. The zero-order chi connectivity index (χ0) is 21.6. The molecular weight excluding hydrogens is 409 g/mol. The van der Waals surface area contributed by atoms with Gasteiger partial charge in [0.2, 0.25) is 5.91 Å². The van der Waals surface area contributed by atoms with E-state index in [4.69, 9.17) is 28.8 Å². The molecule has 0 radical (unpaired) electrons. The number of ether oxygens (including phenoxy) is 2. The summed E-state index contributed by atoms with van der Waals surface area (Å²) in [7, 11) is -3.99. The van der Waals surface area contributed by atoms with Crippen molar-refractivity contribution in [2.45, 2.75) is 45.1 Å². The van der Waals surface area contributed by atoms with Crippen LogP contribution in [0.25, 0.3) is 0 Å². The number of rotatable bonds is 10. The van der Waals surface area contributed by atoms with Crippen molar-refractivity contribution in [3.8, 4) is 0 Å². The fourth-order valence-electron chi connectivity index (χ4n) is 2.93. The van der Waals surface area contributed by atoms with E-state index in [1.165, 1.54) is 0 Å². The summed E-state index contributed by atoms with van der Waals surface area (Å²) in [5.74, 6) is -1.72. The molecule has 0 saturated carbocycles. The number of hydrogen-bond donors (Lipinski definition) is 1. The average molecular weight is 435 g/mol. The van der Waals surface area contributed by atoms with Crippen LogP contribution in [0, 0.1) is 0 Å². The first-order chi connectivity index (χ1) is 14.3. The summed E-state index contributed by atoms with van der Waals surface area (Å²) in [6.07, 6.45) is -1.87. The van der Waals surface area contributed by atoms with E-state index in [2.05, 4.69) is 0 Å². The molecule has 1 saturated heterocycles. The van der Waals surface area contributed by atoms with Crippen LogP contribution in [-0.4, -0.2) is 30.5 Å². The predicted molar refractivity (Wildman–Crippen MR) is 109 cm³/mol. The molecule has 9 heteroatoms. The Bertz CT molecular complexity index is 828. The maximum atomic E-state index is 13.3. The second-order valence-electron chi connectivity index (χ2n) is 7.26. The van der Waals surface area contributed by atoms with Gasteiger partial charge in [0.15, 0.2) is 11.9 Å². The Labute approximate surface area is 175 Å². The van der Waals surface area contributed by atoms with Crippen molar-refractivity contribution in [1.82, 2.24) is 0 Å². The van der Waals surface area contributed by atoms with E-state index in [1.54, 1.807) is 13.8 Å². The van der Waals surface area contributed by atoms with Crippen LogP contribution in [0.4, 0.5) is 0 Å². The van der Waals surface area contributed by atoms with Gasteiger partial charge < -0.3 is 15.2 Å². The molecule has 3 rings (SSSR count). The molecule has 1 amide bonds. The van der Waals surface area contributed by atoms with Crippen LogP contribution in [0.3, 0.4) is 0 Å². The summed E-state index contributed by atoms with van der Waals surface area (Å²) in [5.41, 5.74) is 7.00. The van der Waals surface area contributed by atoms with Crippen LogP contribution < -0.4 is 5.73 Å². The number of carbonyl (C=O) groups is 1. The molecule has 1 aliphatic heterocycles. The molecule has 8 nitrogen and oxygen atoms in total. The predicted octanol–water partition coefficient (Wildman–Crippen LogP) is 3.55. The minimum absolute atomic E-state index is 0.0275. The smallest absolute Gasteiger partial charge is 0.367 e. The molecule has 2 atom stereocenters. The third kappa shape index (κ3) is 6.47. The van der Waals surface area contributed by atoms with Crippen molar-refractivity contribution >= 4 is 13.7 Å². The summed E-state index contributed by atoms with van der Waals surface area (Å²) in [6, 6.07) is 18.5. The van der Waals surface area contributed by atoms with Crippen LogP contribution in [-0.2, 0) is 45.6 Å². The number of carbonyl (C=O) groups excluding carboxylic acids is 1. The summed E-state index contributed by atoms with van der Waals surface area (Å²) in [4.78, 5) is 11.7. The number of hydrogen-bond acceptors (Lipinski definition) is 7. The zero-order valence-corrected chi connectivity index (χ0v) is 17.8. The van der Waals surface area contributed by atoms with Gasteiger partial charge in [-0.1, -0.05) is 60.7 Å². The molecule has 0 unspecified atom stereocenters. The summed E-state index contributed by atoms with van der Waals surface area (Å²) in [5, 5.41) is 0. The number of primary amides is 1. The van der Waals surface area contributed by atoms with E-state index in [1.807, 2.05) is 60.7 Å². The van der Waals surface area contributed by atoms with Crippen LogP contribution in [0.1, 0.15) is 25.0 Å². The lowest BCUT2D eigenvalue weighted by Crippen LogP contribution is -2.39. The van der Waals surface area contributed by atoms with Crippen molar-refractivity contribution < 1.29 is 32.4 Å². The minimum Gasteiger partial charge on any atom is -0.367 e. The molecule has 2 N–H and O–H groups in total. The van der Waals surface area contributed by atoms with E-state index in [0.29, 0.717) is 0 Å². The van der Waals surface area contributed by atoms with E-state index in [0.717, 1.165) is 11.1 Å². The van der Waals surface area contributed by atoms with Gasteiger partial charge in [0.25, 0.3) is 0 Å². The Balaban J connectivity index is 1.68. The Hall–Kier alpha value is -2.06. The van der Waals surface area contributed by atoms with E-state index < -0.39 is 31.7 Å². The van der Waals surface area contributed by atoms with Crippen molar-refractivity contribution in [3.05, 3.63) is 71.8 Å². The number of phosphoric acid groups is 1. The zero-order valence-electron chi connectivity index (χ0n) is 16.9. The van der Waals surface area contributed by atoms with Crippen molar-refractivity contribution in [2.24, 2.45) is 5.73 Å². The van der Waals surface area contributed by atoms with Gasteiger partial charge in [0.1, 0.15) is 6.10 Å². The topological polar surface area (TPSA) is 106 Å². The van der Waals surface area contributed by atoms with E-state index in [9.17, 15) is 9.36 Å². The molecule has 1 aliphatic rings. The highest BCUT2D eigenvalue weighted by Crippen LogP contribution is 2.51. The molecule has 1 fully saturated rings. The number of phosphoric ester groups is 1. The fourth-order valence-corrected chi connectivity index (χ4v) is 4.10. The van der Waals surface area contributed by atoms with Crippen LogP contribution in [0.15, 0.2) is 60.7 Å². The van der Waals surface area contributed by atoms with Crippen LogP contribution in [0.2, 0.25) is 0 Å². The standard InChI is InChI=1S/C21H26NO7P/c1-21(2)28-18(19(29-21)20(22)23)15-27-30(24,25-13-16-9-5-3-6-10-16)26-14-17-11-7-4-8-12-17/h3-12,18-19H,13-15H2,1-2H3,(H2,22,23)/t18-,19+/m1/s1. The van der Waals surface area contributed by atoms with Crippen molar-refractivity contribution in [2.75, 3.05) is 6.61 Å². The van der Waals surface area contributed by atoms with Gasteiger partial charge in [-0.3, -0.25) is 18.4 Å². The Morgan fingerprint density at radius 3 is 1.90 bits per heavy atom. The number of benzene rings is 2. The fraction of sp³-hybridized carbons (Fsp3) is 0.381. The molecule has 0 spiro atoms. The first-order valence-corrected chi connectivity index (χ1v) is 11.0. The first-order valence-electron chi connectivity index (χ1n) is 9.53. The van der Waals surface area contributed by atoms with Gasteiger partial charge in [-0.05, 0) is 25.0 Å². The molecule has 0 aromatic heterocycles. The van der Waals surface area contributed by atoms with Gasteiger partial charge >= 0.3 is 7.82 Å². The second-order valence-corrected chi connectivity index (χ2v) is 8.93. The molecule has 0 bridgehead atoms. The largest absolute Gasteiger partial charge is 0.475 e. The Kier molecular flexibility index (Phi) is 7.41. The Morgan fingerprint density at radius 2 is 1.43 bits per heavy atom. The molecule has 2 aromatic rings. The maximum Gasteiger partial charge on any atom is 0.475 e. The monoisotopic (exact) mass is 435 g/mol. The second kappa shape index (κ2) is 9.83. The highest BCUT2D eigenvalue weighted by molar-refractivity contribution is 7.48. The summed E-state index contributed by atoms with van der Waals surface area (Å²) in [6.45, 7) is 3.11. The van der Waals surface area contributed by atoms with E-state index in [-0.39, 0.29) is 19.8 Å². The van der Waals surface area contributed by atoms with Crippen LogP contribution >= 0.6 is 7.82 Å². The lowest BCUT2D eigenvalue weighted by Gasteiger charge is -2.21. The van der Waals surface area contributed by atoms with Crippen LogP contribution in [0.5, 0.6) is 0 Å². The molecule has 0 aliphatic carbocycles. The molecular formula is C21H26NO7P. The molecule has 1 heterocycles.